The van der Waals surface area contributed by atoms with E-state index >= 15 is 0 Å². The molecule has 2 rings (SSSR count). The summed E-state index contributed by atoms with van der Waals surface area (Å²) in [5.74, 6) is 0. The topological polar surface area (TPSA) is 40.7 Å². The van der Waals surface area contributed by atoms with E-state index in [9.17, 15) is 13.2 Å². The van der Waals surface area contributed by atoms with Gasteiger partial charge in [-0.3, -0.25) is 5.10 Å². The Balaban J connectivity index is 2.01. The molecule has 0 bridgehead atoms. The van der Waals surface area contributed by atoms with E-state index in [2.05, 4.69) is 15.5 Å². The van der Waals surface area contributed by atoms with Gasteiger partial charge in [0.25, 0.3) is 0 Å². The molecule has 0 aliphatic heterocycles. The molecule has 0 amide bonds. The predicted molar refractivity (Wildman–Crippen MR) is 60.6 cm³/mol. The number of H-pyrrole nitrogens is 1. The van der Waals surface area contributed by atoms with Gasteiger partial charge in [0.15, 0.2) is 0 Å². The SMILES string of the molecule is FC(F)(F)c1ccccc1CNCc1cn[nH]c1. The first-order chi connectivity index (χ1) is 8.57. The van der Waals surface area contributed by atoms with E-state index < -0.39 is 11.7 Å². The molecule has 0 aliphatic carbocycles. The van der Waals surface area contributed by atoms with Crippen molar-refractivity contribution in [2.75, 3.05) is 0 Å². The highest BCUT2D eigenvalue weighted by Crippen LogP contribution is 2.31. The second-order valence-corrected chi connectivity index (χ2v) is 3.87. The highest BCUT2D eigenvalue weighted by atomic mass is 19.4. The standard InChI is InChI=1S/C12H12F3N3/c13-12(14,15)11-4-2-1-3-10(11)8-16-5-9-6-17-18-7-9/h1-4,6-7,16H,5,8H2,(H,17,18). The van der Waals surface area contributed by atoms with Gasteiger partial charge in [-0.05, 0) is 11.6 Å². The van der Waals surface area contributed by atoms with Crippen LogP contribution in [0.15, 0.2) is 36.7 Å². The molecule has 96 valence electrons. The fraction of sp³-hybridized carbons (Fsp3) is 0.250. The van der Waals surface area contributed by atoms with Gasteiger partial charge >= 0.3 is 6.18 Å². The third-order valence-electron chi connectivity index (χ3n) is 2.52. The first-order valence-corrected chi connectivity index (χ1v) is 5.41. The zero-order valence-electron chi connectivity index (χ0n) is 9.46. The third kappa shape index (κ3) is 3.10. The first kappa shape index (κ1) is 12.6. The van der Waals surface area contributed by atoms with Gasteiger partial charge in [-0.1, -0.05) is 18.2 Å². The number of hydrogen-bond donors (Lipinski definition) is 2. The molecule has 2 N–H and O–H groups in total. The smallest absolute Gasteiger partial charge is 0.308 e. The number of benzene rings is 1. The molecule has 0 aliphatic rings. The maximum absolute atomic E-state index is 12.7. The molecule has 0 saturated carbocycles. The lowest BCUT2D eigenvalue weighted by molar-refractivity contribution is -0.138. The van der Waals surface area contributed by atoms with Crippen molar-refractivity contribution in [3.05, 3.63) is 53.3 Å². The van der Waals surface area contributed by atoms with Crippen molar-refractivity contribution >= 4 is 0 Å². The molecular formula is C12H12F3N3. The molecular weight excluding hydrogens is 243 g/mol. The van der Waals surface area contributed by atoms with Crippen LogP contribution in [0.3, 0.4) is 0 Å². The van der Waals surface area contributed by atoms with Gasteiger partial charge in [0.05, 0.1) is 11.8 Å². The summed E-state index contributed by atoms with van der Waals surface area (Å²) >= 11 is 0. The van der Waals surface area contributed by atoms with E-state index in [1.165, 1.54) is 12.1 Å². The maximum Gasteiger partial charge on any atom is 0.416 e. The van der Waals surface area contributed by atoms with Crippen LogP contribution < -0.4 is 5.32 Å². The normalized spacial score (nSPS) is 11.7. The Labute approximate surface area is 102 Å². The summed E-state index contributed by atoms with van der Waals surface area (Å²) in [7, 11) is 0. The second kappa shape index (κ2) is 5.22. The highest BCUT2D eigenvalue weighted by molar-refractivity contribution is 5.29. The number of aromatic amines is 1. The minimum atomic E-state index is -4.31. The van der Waals surface area contributed by atoms with E-state index in [-0.39, 0.29) is 12.1 Å². The van der Waals surface area contributed by atoms with Crippen molar-refractivity contribution in [2.24, 2.45) is 0 Å². The summed E-state index contributed by atoms with van der Waals surface area (Å²) in [6.45, 7) is 0.642. The fourth-order valence-electron chi connectivity index (χ4n) is 1.67. The quantitative estimate of drug-likeness (QED) is 0.881. The van der Waals surface area contributed by atoms with Crippen molar-refractivity contribution in [2.45, 2.75) is 19.3 Å². The van der Waals surface area contributed by atoms with Crippen molar-refractivity contribution in [1.82, 2.24) is 15.5 Å². The van der Waals surface area contributed by atoms with Crippen LogP contribution in [0.1, 0.15) is 16.7 Å². The average Bonchev–Trinajstić information content (AvgIpc) is 2.81. The summed E-state index contributed by atoms with van der Waals surface area (Å²) in [5, 5.41) is 9.36. The Morgan fingerprint density at radius 3 is 2.61 bits per heavy atom. The van der Waals surface area contributed by atoms with Gasteiger partial charge < -0.3 is 5.32 Å². The van der Waals surface area contributed by atoms with Crippen LogP contribution in [0.25, 0.3) is 0 Å². The van der Waals surface area contributed by atoms with Gasteiger partial charge in [0.2, 0.25) is 0 Å². The average molecular weight is 255 g/mol. The monoisotopic (exact) mass is 255 g/mol. The van der Waals surface area contributed by atoms with E-state index in [0.717, 1.165) is 11.6 Å². The fourth-order valence-corrected chi connectivity index (χ4v) is 1.67. The number of rotatable bonds is 4. The largest absolute Gasteiger partial charge is 0.416 e. The van der Waals surface area contributed by atoms with Crippen LogP contribution in [-0.2, 0) is 19.3 Å². The zero-order chi connectivity index (χ0) is 13.0. The molecule has 18 heavy (non-hydrogen) atoms. The number of alkyl halides is 3. The van der Waals surface area contributed by atoms with Crippen LogP contribution in [0, 0.1) is 0 Å². The lowest BCUT2D eigenvalue weighted by Crippen LogP contribution is -2.17. The first-order valence-electron chi connectivity index (χ1n) is 5.41. The van der Waals surface area contributed by atoms with Gasteiger partial charge in [-0.2, -0.15) is 18.3 Å². The lowest BCUT2D eigenvalue weighted by Gasteiger charge is -2.12. The van der Waals surface area contributed by atoms with Crippen LogP contribution in [0.4, 0.5) is 13.2 Å². The van der Waals surface area contributed by atoms with Gasteiger partial charge in [0, 0.05) is 24.8 Å². The Kier molecular flexibility index (Phi) is 3.66. The summed E-state index contributed by atoms with van der Waals surface area (Å²) in [4.78, 5) is 0. The second-order valence-electron chi connectivity index (χ2n) is 3.87. The van der Waals surface area contributed by atoms with E-state index in [0.29, 0.717) is 6.54 Å². The van der Waals surface area contributed by atoms with E-state index in [1.54, 1.807) is 18.5 Å². The number of aromatic nitrogens is 2. The number of nitrogens with zero attached hydrogens (tertiary/aromatic N) is 1. The molecule has 2 aromatic rings. The molecule has 3 nitrogen and oxygen atoms in total. The molecule has 0 fully saturated rings. The Bertz CT molecular complexity index is 492. The molecule has 0 radical (unpaired) electrons. The molecule has 0 spiro atoms. The third-order valence-corrected chi connectivity index (χ3v) is 2.52. The summed E-state index contributed by atoms with van der Waals surface area (Å²) < 4.78 is 38.1. The summed E-state index contributed by atoms with van der Waals surface area (Å²) in [6, 6.07) is 5.56. The minimum absolute atomic E-state index is 0.168. The number of nitrogens with one attached hydrogen (secondary N) is 2. The summed E-state index contributed by atoms with van der Waals surface area (Å²) in [6.07, 6.45) is -0.987. The zero-order valence-corrected chi connectivity index (χ0v) is 9.46. The molecule has 1 aromatic heterocycles. The Hall–Kier alpha value is -1.82. The van der Waals surface area contributed by atoms with Crippen LogP contribution in [0.5, 0.6) is 0 Å². The van der Waals surface area contributed by atoms with E-state index in [1.807, 2.05) is 0 Å². The van der Waals surface area contributed by atoms with Crippen molar-refractivity contribution in [3.8, 4) is 0 Å². The maximum atomic E-state index is 12.7. The molecule has 0 unspecified atom stereocenters. The number of hydrogen-bond acceptors (Lipinski definition) is 2. The Morgan fingerprint density at radius 1 is 1.17 bits per heavy atom. The summed E-state index contributed by atoms with van der Waals surface area (Å²) in [5.41, 5.74) is 0.553. The molecule has 6 heteroatoms. The molecule has 1 heterocycles. The lowest BCUT2D eigenvalue weighted by atomic mass is 10.1. The predicted octanol–water partition coefficient (Wildman–Crippen LogP) is 2.72. The van der Waals surface area contributed by atoms with Crippen LogP contribution in [-0.4, -0.2) is 10.2 Å². The van der Waals surface area contributed by atoms with Crippen LogP contribution in [0.2, 0.25) is 0 Å². The van der Waals surface area contributed by atoms with Gasteiger partial charge in [-0.15, -0.1) is 0 Å². The molecule has 0 atom stereocenters. The molecule has 0 saturated heterocycles. The van der Waals surface area contributed by atoms with Crippen molar-refractivity contribution in [1.29, 1.82) is 0 Å². The van der Waals surface area contributed by atoms with E-state index in [4.69, 9.17) is 0 Å². The van der Waals surface area contributed by atoms with Gasteiger partial charge in [-0.25, -0.2) is 0 Å². The van der Waals surface area contributed by atoms with Gasteiger partial charge in [0.1, 0.15) is 0 Å². The van der Waals surface area contributed by atoms with Crippen LogP contribution >= 0.6 is 0 Å². The minimum Gasteiger partial charge on any atom is -0.308 e. The highest BCUT2D eigenvalue weighted by Gasteiger charge is 2.32. The van der Waals surface area contributed by atoms with Crippen molar-refractivity contribution < 1.29 is 13.2 Å². The van der Waals surface area contributed by atoms with Crippen molar-refractivity contribution in [3.63, 3.8) is 0 Å². The number of halogens is 3. The molecule has 1 aromatic carbocycles. The Morgan fingerprint density at radius 2 is 1.94 bits per heavy atom.